The van der Waals surface area contributed by atoms with Crippen LogP contribution < -0.4 is 5.32 Å². The van der Waals surface area contributed by atoms with Gasteiger partial charge in [0.25, 0.3) is 0 Å². The van der Waals surface area contributed by atoms with E-state index in [1.165, 1.54) is 28.9 Å². The van der Waals surface area contributed by atoms with Gasteiger partial charge in [0.15, 0.2) is 0 Å². The molecule has 1 aromatic heterocycles. The van der Waals surface area contributed by atoms with Gasteiger partial charge in [0, 0.05) is 39.9 Å². The molecule has 0 saturated carbocycles. The van der Waals surface area contributed by atoms with Crippen LogP contribution in [0.3, 0.4) is 0 Å². The van der Waals surface area contributed by atoms with Gasteiger partial charge in [-0.1, -0.05) is 0 Å². The van der Waals surface area contributed by atoms with E-state index < -0.39 is 0 Å². The maximum Gasteiger partial charge on any atom is 0.0303 e. The van der Waals surface area contributed by atoms with Crippen molar-refractivity contribution in [3.8, 4) is 0 Å². The van der Waals surface area contributed by atoms with Crippen molar-refractivity contribution in [2.75, 3.05) is 13.1 Å². The summed E-state index contributed by atoms with van der Waals surface area (Å²) in [5, 5.41) is 5.79. The van der Waals surface area contributed by atoms with Gasteiger partial charge in [-0.15, -0.1) is 11.3 Å². The summed E-state index contributed by atoms with van der Waals surface area (Å²) >= 11 is 5.31. The summed E-state index contributed by atoms with van der Waals surface area (Å²) in [5.41, 5.74) is 0. The van der Waals surface area contributed by atoms with E-state index in [0.29, 0.717) is 12.1 Å². The Balaban J connectivity index is 1.75. The van der Waals surface area contributed by atoms with Crippen LogP contribution >= 0.6 is 27.3 Å². The predicted octanol–water partition coefficient (Wildman–Crippen LogP) is 3.08. The SMILES string of the molecule is CC(C)N1CCC(NCc2cc(Br)cs2)C1. The molecule has 0 bridgehead atoms. The quantitative estimate of drug-likeness (QED) is 0.919. The van der Waals surface area contributed by atoms with Gasteiger partial charge in [-0.25, -0.2) is 0 Å². The summed E-state index contributed by atoms with van der Waals surface area (Å²) in [7, 11) is 0. The molecule has 2 nitrogen and oxygen atoms in total. The van der Waals surface area contributed by atoms with Crippen LogP contribution in [0.15, 0.2) is 15.9 Å². The molecule has 2 rings (SSSR count). The van der Waals surface area contributed by atoms with E-state index in [1.54, 1.807) is 0 Å². The number of rotatable bonds is 4. The van der Waals surface area contributed by atoms with E-state index in [-0.39, 0.29) is 0 Å². The monoisotopic (exact) mass is 302 g/mol. The van der Waals surface area contributed by atoms with Gasteiger partial charge in [-0.3, -0.25) is 4.90 Å². The number of nitrogens with zero attached hydrogens (tertiary/aromatic N) is 1. The molecule has 1 saturated heterocycles. The van der Waals surface area contributed by atoms with Crippen molar-refractivity contribution in [1.29, 1.82) is 0 Å². The van der Waals surface area contributed by atoms with Crippen molar-refractivity contribution in [2.24, 2.45) is 0 Å². The van der Waals surface area contributed by atoms with Gasteiger partial charge in [-0.05, 0) is 48.8 Å². The third-order valence-electron chi connectivity index (χ3n) is 3.14. The molecule has 1 fully saturated rings. The summed E-state index contributed by atoms with van der Waals surface area (Å²) in [6, 6.07) is 3.55. The minimum atomic E-state index is 0.670. The maximum absolute atomic E-state index is 3.64. The fourth-order valence-electron chi connectivity index (χ4n) is 2.11. The van der Waals surface area contributed by atoms with Crippen LogP contribution in [-0.4, -0.2) is 30.1 Å². The van der Waals surface area contributed by atoms with E-state index in [4.69, 9.17) is 0 Å². The molecule has 1 atom stereocenters. The van der Waals surface area contributed by atoms with Crippen LogP contribution in [0.5, 0.6) is 0 Å². The Bertz CT molecular complexity index is 338. The number of thiophene rings is 1. The lowest BCUT2D eigenvalue weighted by Crippen LogP contribution is -2.34. The van der Waals surface area contributed by atoms with Crippen molar-refractivity contribution >= 4 is 27.3 Å². The van der Waals surface area contributed by atoms with E-state index in [1.807, 2.05) is 11.3 Å². The second-order valence-electron chi connectivity index (χ2n) is 4.69. The molecule has 1 aliphatic rings. The molecule has 16 heavy (non-hydrogen) atoms. The Morgan fingerprint density at radius 1 is 1.62 bits per heavy atom. The van der Waals surface area contributed by atoms with E-state index in [2.05, 4.69) is 51.4 Å². The highest BCUT2D eigenvalue weighted by atomic mass is 79.9. The highest BCUT2D eigenvalue weighted by Crippen LogP contribution is 2.20. The Labute approximate surface area is 110 Å². The average molecular weight is 303 g/mol. The lowest BCUT2D eigenvalue weighted by atomic mass is 10.2. The second-order valence-corrected chi connectivity index (χ2v) is 6.60. The summed E-state index contributed by atoms with van der Waals surface area (Å²) in [5.74, 6) is 0. The van der Waals surface area contributed by atoms with E-state index >= 15 is 0 Å². The van der Waals surface area contributed by atoms with Gasteiger partial charge >= 0.3 is 0 Å². The molecule has 0 amide bonds. The summed E-state index contributed by atoms with van der Waals surface area (Å²) in [4.78, 5) is 3.96. The third kappa shape index (κ3) is 3.29. The lowest BCUT2D eigenvalue weighted by Gasteiger charge is -2.20. The second kappa shape index (κ2) is 5.63. The standard InChI is InChI=1S/C12H19BrN2S/c1-9(2)15-4-3-11(7-15)14-6-12-5-10(13)8-16-12/h5,8-9,11,14H,3-4,6-7H2,1-2H3. The maximum atomic E-state index is 3.64. The molecule has 1 N–H and O–H groups in total. The van der Waals surface area contributed by atoms with E-state index in [9.17, 15) is 0 Å². The van der Waals surface area contributed by atoms with E-state index in [0.717, 1.165) is 6.54 Å². The normalized spacial score (nSPS) is 22.1. The zero-order chi connectivity index (χ0) is 11.5. The molecule has 1 aliphatic heterocycles. The largest absolute Gasteiger partial charge is 0.308 e. The smallest absolute Gasteiger partial charge is 0.0303 e. The Morgan fingerprint density at radius 2 is 2.44 bits per heavy atom. The first-order valence-corrected chi connectivity index (χ1v) is 7.53. The Morgan fingerprint density at radius 3 is 3.00 bits per heavy atom. The third-order valence-corrected chi connectivity index (χ3v) is 4.83. The molecular weight excluding hydrogens is 284 g/mol. The number of likely N-dealkylation sites (tertiary alicyclic amines) is 1. The molecule has 90 valence electrons. The molecule has 0 aliphatic carbocycles. The van der Waals surface area contributed by atoms with Crippen molar-refractivity contribution in [3.63, 3.8) is 0 Å². The minimum Gasteiger partial charge on any atom is -0.308 e. The molecule has 0 spiro atoms. The van der Waals surface area contributed by atoms with Crippen molar-refractivity contribution in [2.45, 2.75) is 38.9 Å². The predicted molar refractivity (Wildman–Crippen MR) is 74.0 cm³/mol. The first-order valence-electron chi connectivity index (χ1n) is 5.85. The van der Waals surface area contributed by atoms with Crippen molar-refractivity contribution in [1.82, 2.24) is 10.2 Å². The molecular formula is C12H19BrN2S. The van der Waals surface area contributed by atoms with Gasteiger partial charge in [0.1, 0.15) is 0 Å². The fraction of sp³-hybridized carbons (Fsp3) is 0.667. The summed E-state index contributed by atoms with van der Waals surface area (Å²) < 4.78 is 1.20. The zero-order valence-corrected chi connectivity index (χ0v) is 12.3. The summed E-state index contributed by atoms with van der Waals surface area (Å²) in [6.07, 6.45) is 1.28. The van der Waals surface area contributed by atoms with Crippen LogP contribution in [0.4, 0.5) is 0 Å². The van der Waals surface area contributed by atoms with Crippen molar-refractivity contribution in [3.05, 3.63) is 20.8 Å². The first kappa shape index (κ1) is 12.6. The van der Waals surface area contributed by atoms with Crippen LogP contribution in [-0.2, 0) is 6.54 Å². The molecule has 1 unspecified atom stereocenters. The highest BCUT2D eigenvalue weighted by Gasteiger charge is 2.23. The summed E-state index contributed by atoms with van der Waals surface area (Å²) in [6.45, 7) is 8.00. The molecule has 0 aromatic carbocycles. The first-order chi connectivity index (χ1) is 7.65. The zero-order valence-electron chi connectivity index (χ0n) is 9.87. The van der Waals surface area contributed by atoms with Crippen LogP contribution in [0.25, 0.3) is 0 Å². The molecule has 0 radical (unpaired) electrons. The fourth-order valence-corrected chi connectivity index (χ4v) is 3.52. The molecule has 1 aromatic rings. The molecule has 4 heteroatoms. The number of halogens is 1. The van der Waals surface area contributed by atoms with Crippen LogP contribution in [0.1, 0.15) is 25.1 Å². The number of hydrogen-bond donors (Lipinski definition) is 1. The van der Waals surface area contributed by atoms with Crippen molar-refractivity contribution < 1.29 is 0 Å². The Hall–Kier alpha value is 0.1000. The van der Waals surface area contributed by atoms with Gasteiger partial charge in [0.05, 0.1) is 0 Å². The molecule has 2 heterocycles. The van der Waals surface area contributed by atoms with Gasteiger partial charge in [-0.2, -0.15) is 0 Å². The Kier molecular flexibility index (Phi) is 4.41. The van der Waals surface area contributed by atoms with Crippen LogP contribution in [0, 0.1) is 0 Å². The number of hydrogen-bond acceptors (Lipinski definition) is 3. The number of nitrogens with one attached hydrogen (secondary N) is 1. The average Bonchev–Trinajstić information content (AvgIpc) is 2.83. The van der Waals surface area contributed by atoms with Gasteiger partial charge < -0.3 is 5.32 Å². The lowest BCUT2D eigenvalue weighted by molar-refractivity contribution is 0.268. The van der Waals surface area contributed by atoms with Crippen LogP contribution in [0.2, 0.25) is 0 Å². The topological polar surface area (TPSA) is 15.3 Å². The van der Waals surface area contributed by atoms with Gasteiger partial charge in [0.2, 0.25) is 0 Å². The highest BCUT2D eigenvalue weighted by molar-refractivity contribution is 9.10. The minimum absolute atomic E-state index is 0.670.